The van der Waals surface area contributed by atoms with E-state index >= 15 is 0 Å². The molecule has 2 heteroatoms. The Kier molecular flexibility index (Phi) is 8.47. The summed E-state index contributed by atoms with van der Waals surface area (Å²) < 4.78 is 12.5. The van der Waals surface area contributed by atoms with E-state index in [0.717, 1.165) is 23.8 Å². The molecule has 3 aromatic rings. The number of benzene rings is 3. The van der Waals surface area contributed by atoms with Gasteiger partial charge in [-0.2, -0.15) is 0 Å². The van der Waals surface area contributed by atoms with Gasteiger partial charge in [-0.15, -0.1) is 0 Å². The van der Waals surface area contributed by atoms with Crippen molar-refractivity contribution < 1.29 is 9.47 Å². The van der Waals surface area contributed by atoms with Crippen LogP contribution in [0, 0.1) is 19.8 Å². The van der Waals surface area contributed by atoms with Crippen molar-refractivity contribution in [3.8, 4) is 11.5 Å². The van der Waals surface area contributed by atoms with E-state index in [1.165, 1.54) is 72.8 Å². The maximum Gasteiger partial charge on any atom is 0.161 e. The molecule has 0 bridgehead atoms. The largest absolute Gasteiger partial charge is 0.485 e. The molecule has 0 atom stereocenters. The Labute approximate surface area is 200 Å². The lowest BCUT2D eigenvalue weighted by atomic mass is 9.85. The first-order valence-corrected chi connectivity index (χ1v) is 12.7. The number of ether oxygens (including phenoxy) is 2. The fourth-order valence-electron chi connectivity index (χ4n) is 4.70. The highest BCUT2D eigenvalue weighted by Crippen LogP contribution is 2.32. The van der Waals surface area contributed by atoms with Crippen LogP contribution in [0.1, 0.15) is 72.8 Å². The predicted molar refractivity (Wildman–Crippen MR) is 137 cm³/mol. The van der Waals surface area contributed by atoms with Crippen LogP contribution in [0.5, 0.6) is 11.5 Å². The third-order valence-electron chi connectivity index (χ3n) is 6.84. The summed E-state index contributed by atoms with van der Waals surface area (Å²) in [6, 6.07) is 23.5. The second-order valence-electron chi connectivity index (χ2n) is 9.73. The molecule has 1 aliphatic carbocycles. The van der Waals surface area contributed by atoms with Gasteiger partial charge in [0.25, 0.3) is 0 Å². The van der Waals surface area contributed by atoms with Crippen molar-refractivity contribution in [3.05, 3.63) is 94.5 Å². The zero-order valence-electron chi connectivity index (χ0n) is 20.3. The van der Waals surface area contributed by atoms with E-state index < -0.39 is 0 Å². The first kappa shape index (κ1) is 23.4. The lowest BCUT2D eigenvalue weighted by Gasteiger charge is -2.21. The third kappa shape index (κ3) is 7.39. The Balaban J connectivity index is 1.41. The fourth-order valence-corrected chi connectivity index (χ4v) is 4.70. The number of hydrogen-bond donors (Lipinski definition) is 0. The van der Waals surface area contributed by atoms with E-state index in [4.69, 9.17) is 9.47 Å². The monoisotopic (exact) mass is 442 g/mol. The lowest BCUT2D eigenvalue weighted by Crippen LogP contribution is -2.06. The highest BCUT2D eigenvalue weighted by molar-refractivity contribution is 5.43. The van der Waals surface area contributed by atoms with Crippen LogP contribution in [0.15, 0.2) is 66.7 Å². The highest BCUT2D eigenvalue weighted by atomic mass is 16.5. The normalized spacial score (nSPS) is 14.2. The molecular formula is C31H38O2. The Morgan fingerprint density at radius 1 is 0.636 bits per heavy atom. The van der Waals surface area contributed by atoms with Gasteiger partial charge in [0.2, 0.25) is 0 Å². The van der Waals surface area contributed by atoms with Gasteiger partial charge in [-0.3, -0.25) is 0 Å². The summed E-state index contributed by atoms with van der Waals surface area (Å²) in [5.41, 5.74) is 6.21. The van der Waals surface area contributed by atoms with Crippen molar-refractivity contribution in [1.29, 1.82) is 0 Å². The SMILES string of the molecule is Cc1ccc(COc2ccc(CCCC3CCCCC3)cc2OCc2ccc(C)cc2)cc1. The summed E-state index contributed by atoms with van der Waals surface area (Å²) in [6.45, 7) is 5.31. The molecule has 0 amide bonds. The van der Waals surface area contributed by atoms with Crippen LogP contribution < -0.4 is 9.47 Å². The molecule has 0 aromatic heterocycles. The molecule has 0 heterocycles. The Hall–Kier alpha value is -2.74. The molecule has 2 nitrogen and oxygen atoms in total. The van der Waals surface area contributed by atoms with Gasteiger partial charge in [0.1, 0.15) is 13.2 Å². The van der Waals surface area contributed by atoms with Crippen molar-refractivity contribution >= 4 is 0 Å². The molecule has 1 aliphatic rings. The molecule has 0 spiro atoms. The quantitative estimate of drug-likeness (QED) is 0.314. The predicted octanol–water partition coefficient (Wildman–Crippen LogP) is 8.36. The van der Waals surface area contributed by atoms with Crippen LogP contribution in [0.3, 0.4) is 0 Å². The van der Waals surface area contributed by atoms with Crippen LogP contribution in [-0.4, -0.2) is 0 Å². The molecule has 0 unspecified atom stereocenters. The van der Waals surface area contributed by atoms with E-state index in [1.54, 1.807) is 0 Å². The number of aryl methyl sites for hydroxylation is 3. The molecule has 33 heavy (non-hydrogen) atoms. The molecule has 0 saturated heterocycles. The molecule has 0 aliphatic heterocycles. The van der Waals surface area contributed by atoms with Crippen molar-refractivity contribution in [2.75, 3.05) is 0 Å². The third-order valence-corrected chi connectivity index (χ3v) is 6.84. The average Bonchev–Trinajstić information content (AvgIpc) is 2.85. The molecule has 0 radical (unpaired) electrons. The molecule has 1 saturated carbocycles. The first-order valence-electron chi connectivity index (χ1n) is 12.7. The van der Waals surface area contributed by atoms with Crippen LogP contribution in [0.2, 0.25) is 0 Å². The van der Waals surface area contributed by atoms with E-state index in [-0.39, 0.29) is 0 Å². The highest BCUT2D eigenvalue weighted by Gasteiger charge is 2.13. The Bertz CT molecular complexity index is 982. The van der Waals surface area contributed by atoms with Gasteiger partial charge in [0.05, 0.1) is 0 Å². The summed E-state index contributed by atoms with van der Waals surface area (Å²) in [6.07, 6.45) is 10.9. The van der Waals surface area contributed by atoms with Gasteiger partial charge < -0.3 is 9.47 Å². The van der Waals surface area contributed by atoms with Crippen molar-refractivity contribution in [2.45, 2.75) is 78.4 Å². The zero-order valence-corrected chi connectivity index (χ0v) is 20.3. The average molecular weight is 443 g/mol. The Morgan fingerprint density at radius 2 is 1.18 bits per heavy atom. The van der Waals surface area contributed by atoms with Crippen LogP contribution in [0.25, 0.3) is 0 Å². The van der Waals surface area contributed by atoms with E-state index in [0.29, 0.717) is 13.2 Å². The summed E-state index contributed by atoms with van der Waals surface area (Å²) in [4.78, 5) is 0. The van der Waals surface area contributed by atoms with Gasteiger partial charge in [0, 0.05) is 0 Å². The maximum absolute atomic E-state index is 6.28. The van der Waals surface area contributed by atoms with Gasteiger partial charge in [-0.05, 0) is 61.4 Å². The maximum atomic E-state index is 6.28. The molecule has 4 rings (SSSR count). The smallest absolute Gasteiger partial charge is 0.161 e. The Morgan fingerprint density at radius 3 is 1.79 bits per heavy atom. The van der Waals surface area contributed by atoms with Gasteiger partial charge in [-0.25, -0.2) is 0 Å². The fraction of sp³-hybridized carbons (Fsp3) is 0.419. The first-order chi connectivity index (χ1) is 16.2. The van der Waals surface area contributed by atoms with E-state index in [1.807, 2.05) is 0 Å². The minimum absolute atomic E-state index is 0.544. The van der Waals surface area contributed by atoms with Crippen LogP contribution in [-0.2, 0) is 19.6 Å². The van der Waals surface area contributed by atoms with E-state index in [2.05, 4.69) is 80.6 Å². The van der Waals surface area contributed by atoms with Crippen molar-refractivity contribution in [1.82, 2.24) is 0 Å². The second-order valence-corrected chi connectivity index (χ2v) is 9.73. The van der Waals surface area contributed by atoms with Crippen LogP contribution in [0.4, 0.5) is 0 Å². The zero-order chi connectivity index (χ0) is 22.9. The minimum atomic E-state index is 0.544. The molecule has 3 aromatic carbocycles. The summed E-state index contributed by atoms with van der Waals surface area (Å²) >= 11 is 0. The van der Waals surface area contributed by atoms with E-state index in [9.17, 15) is 0 Å². The summed E-state index contributed by atoms with van der Waals surface area (Å²) in [5, 5.41) is 0. The molecule has 0 N–H and O–H groups in total. The topological polar surface area (TPSA) is 18.5 Å². The lowest BCUT2D eigenvalue weighted by molar-refractivity contribution is 0.255. The summed E-state index contributed by atoms with van der Waals surface area (Å²) in [5.74, 6) is 2.60. The molecule has 174 valence electrons. The van der Waals surface area contributed by atoms with Crippen LogP contribution >= 0.6 is 0 Å². The number of rotatable bonds is 10. The second kappa shape index (κ2) is 11.9. The molecule has 1 fully saturated rings. The summed E-state index contributed by atoms with van der Waals surface area (Å²) in [7, 11) is 0. The molecular weight excluding hydrogens is 404 g/mol. The van der Waals surface area contributed by atoms with Gasteiger partial charge in [0.15, 0.2) is 11.5 Å². The number of hydrogen-bond acceptors (Lipinski definition) is 2. The van der Waals surface area contributed by atoms with Gasteiger partial charge in [-0.1, -0.05) is 104 Å². The van der Waals surface area contributed by atoms with Crippen molar-refractivity contribution in [3.63, 3.8) is 0 Å². The van der Waals surface area contributed by atoms with Gasteiger partial charge >= 0.3 is 0 Å². The van der Waals surface area contributed by atoms with Crippen molar-refractivity contribution in [2.24, 2.45) is 5.92 Å². The standard InChI is InChI=1S/C31H38O2/c1-24-11-15-28(16-12-24)22-32-30-20-19-27(10-6-9-26-7-4-3-5-8-26)21-31(30)33-23-29-17-13-25(2)14-18-29/h11-21,26H,3-10,22-23H2,1-2H3. The minimum Gasteiger partial charge on any atom is -0.485 e.